The van der Waals surface area contributed by atoms with Crippen LogP contribution >= 0.6 is 0 Å². The molecule has 102 valence electrons. The van der Waals surface area contributed by atoms with Gasteiger partial charge in [0.2, 0.25) is 0 Å². The highest BCUT2D eigenvalue weighted by Crippen LogP contribution is 2.20. The van der Waals surface area contributed by atoms with Crippen molar-refractivity contribution in [3.63, 3.8) is 0 Å². The number of carbonyl (C=O) groups excluding carboxylic acids is 1. The molecule has 0 aliphatic rings. The summed E-state index contributed by atoms with van der Waals surface area (Å²) in [5, 5.41) is 9.11. The first kappa shape index (κ1) is 14.4. The minimum atomic E-state index is 0.195. The molecule has 0 heterocycles. The molecule has 0 saturated heterocycles. The Balaban J connectivity index is 2.17. The normalized spacial score (nSPS) is 9.10. The first-order chi connectivity index (χ1) is 10.3. The van der Waals surface area contributed by atoms with E-state index in [2.05, 4.69) is 17.9 Å². The first-order valence-corrected chi connectivity index (χ1v) is 6.47. The third-order valence-corrected chi connectivity index (χ3v) is 2.76. The fourth-order valence-electron chi connectivity index (χ4n) is 1.74. The largest absolute Gasteiger partial charge is 0.487 e. The lowest BCUT2D eigenvalue weighted by Gasteiger charge is -2.08. The first-order valence-electron chi connectivity index (χ1n) is 6.47. The van der Waals surface area contributed by atoms with Crippen molar-refractivity contribution in [3.8, 4) is 23.7 Å². The topological polar surface area (TPSA) is 50.1 Å². The Bertz CT molecular complexity index is 718. The second kappa shape index (κ2) is 7.53. The zero-order valence-electron chi connectivity index (χ0n) is 11.4. The standard InChI is InChI=1S/C18H13NO2/c19-13-17-10-9-15(6-4-5-11-20)12-18(17)21-14-16-7-2-1-3-8-16/h1-3,7-12H,5,14H2. The van der Waals surface area contributed by atoms with Gasteiger partial charge < -0.3 is 9.53 Å². The minimum Gasteiger partial charge on any atom is -0.487 e. The molecule has 0 bridgehead atoms. The van der Waals surface area contributed by atoms with Crippen molar-refractivity contribution in [1.29, 1.82) is 5.26 Å². The molecule has 0 atom stereocenters. The molecule has 0 saturated carbocycles. The number of ether oxygens (including phenoxy) is 1. The predicted molar refractivity (Wildman–Crippen MR) is 79.5 cm³/mol. The lowest BCUT2D eigenvalue weighted by Crippen LogP contribution is -1.97. The minimum absolute atomic E-state index is 0.195. The van der Waals surface area contributed by atoms with Crippen LogP contribution in [0.15, 0.2) is 48.5 Å². The summed E-state index contributed by atoms with van der Waals surface area (Å²) in [6.07, 6.45) is 0.948. The zero-order valence-corrected chi connectivity index (χ0v) is 11.4. The van der Waals surface area contributed by atoms with Gasteiger partial charge in [-0.25, -0.2) is 0 Å². The van der Waals surface area contributed by atoms with Crippen LogP contribution in [0.3, 0.4) is 0 Å². The maximum Gasteiger partial charge on any atom is 0.138 e. The highest BCUT2D eigenvalue weighted by atomic mass is 16.5. The molecule has 2 rings (SSSR count). The maximum atomic E-state index is 10.3. The van der Waals surface area contributed by atoms with E-state index in [1.165, 1.54) is 0 Å². The molecule has 0 aliphatic carbocycles. The average molecular weight is 275 g/mol. The quantitative estimate of drug-likeness (QED) is 0.636. The van der Waals surface area contributed by atoms with Crippen molar-refractivity contribution in [3.05, 3.63) is 65.2 Å². The van der Waals surface area contributed by atoms with E-state index < -0.39 is 0 Å². The Hall–Kier alpha value is -3.04. The van der Waals surface area contributed by atoms with E-state index in [4.69, 9.17) is 10.00 Å². The van der Waals surface area contributed by atoms with Gasteiger partial charge in [-0.2, -0.15) is 5.26 Å². The lowest BCUT2D eigenvalue weighted by molar-refractivity contribution is -0.107. The fraction of sp³-hybridized carbons (Fsp3) is 0.111. The van der Waals surface area contributed by atoms with E-state index in [0.29, 0.717) is 17.9 Å². The van der Waals surface area contributed by atoms with Crippen molar-refractivity contribution >= 4 is 6.29 Å². The SMILES string of the molecule is N#Cc1ccc(C#CCC=O)cc1OCc1ccccc1. The molecule has 2 aromatic rings. The predicted octanol–water partition coefficient (Wildman–Crippen LogP) is 3.08. The summed E-state index contributed by atoms with van der Waals surface area (Å²) in [7, 11) is 0. The molecule has 0 fully saturated rings. The van der Waals surface area contributed by atoms with Gasteiger partial charge in [0.15, 0.2) is 0 Å². The van der Waals surface area contributed by atoms with Gasteiger partial charge >= 0.3 is 0 Å². The number of hydrogen-bond donors (Lipinski definition) is 0. The summed E-state index contributed by atoms with van der Waals surface area (Å²) >= 11 is 0. The molecule has 0 N–H and O–H groups in total. The number of aldehydes is 1. The van der Waals surface area contributed by atoms with Crippen LogP contribution in [0.4, 0.5) is 0 Å². The highest BCUT2D eigenvalue weighted by Gasteiger charge is 2.04. The van der Waals surface area contributed by atoms with Gasteiger partial charge in [0.05, 0.1) is 12.0 Å². The second-order valence-electron chi connectivity index (χ2n) is 4.27. The number of hydrogen-bond acceptors (Lipinski definition) is 3. The summed E-state index contributed by atoms with van der Waals surface area (Å²) < 4.78 is 5.70. The van der Waals surface area contributed by atoms with Gasteiger partial charge in [-0.15, -0.1) is 0 Å². The summed E-state index contributed by atoms with van der Waals surface area (Å²) in [5.74, 6) is 6.10. The Labute approximate surface area is 123 Å². The Morgan fingerprint density at radius 2 is 1.95 bits per heavy atom. The zero-order chi connectivity index (χ0) is 14.9. The van der Waals surface area contributed by atoms with Crippen LogP contribution in [0.1, 0.15) is 23.1 Å². The number of carbonyl (C=O) groups is 1. The number of benzene rings is 2. The molecule has 3 heteroatoms. The summed E-state index contributed by atoms with van der Waals surface area (Å²) in [6.45, 7) is 0.390. The van der Waals surface area contributed by atoms with Crippen LogP contribution in [0.2, 0.25) is 0 Å². The van der Waals surface area contributed by atoms with E-state index in [0.717, 1.165) is 17.4 Å². The molecular formula is C18H13NO2. The summed E-state index contributed by atoms with van der Waals surface area (Å²) in [5.41, 5.74) is 2.21. The van der Waals surface area contributed by atoms with Crippen LogP contribution in [-0.4, -0.2) is 6.29 Å². The third kappa shape index (κ3) is 4.23. The Morgan fingerprint density at radius 1 is 1.14 bits per heavy atom. The van der Waals surface area contributed by atoms with E-state index >= 15 is 0 Å². The molecule has 0 amide bonds. The van der Waals surface area contributed by atoms with Gasteiger partial charge in [-0.3, -0.25) is 0 Å². The molecule has 21 heavy (non-hydrogen) atoms. The van der Waals surface area contributed by atoms with Crippen molar-refractivity contribution in [2.45, 2.75) is 13.0 Å². The van der Waals surface area contributed by atoms with Gasteiger partial charge in [0.25, 0.3) is 0 Å². The number of nitrogens with zero attached hydrogens (tertiary/aromatic N) is 1. The van der Waals surface area contributed by atoms with Gasteiger partial charge in [-0.1, -0.05) is 42.2 Å². The Morgan fingerprint density at radius 3 is 2.67 bits per heavy atom. The molecule has 0 aliphatic heterocycles. The second-order valence-corrected chi connectivity index (χ2v) is 4.27. The van der Waals surface area contributed by atoms with Crippen molar-refractivity contribution in [2.75, 3.05) is 0 Å². The Kier molecular flexibility index (Phi) is 5.15. The monoisotopic (exact) mass is 275 g/mol. The average Bonchev–Trinajstić information content (AvgIpc) is 2.54. The van der Waals surface area contributed by atoms with E-state index in [9.17, 15) is 4.79 Å². The molecule has 0 spiro atoms. The molecule has 0 radical (unpaired) electrons. The van der Waals surface area contributed by atoms with Crippen molar-refractivity contribution in [1.82, 2.24) is 0 Å². The van der Waals surface area contributed by atoms with E-state index in [1.54, 1.807) is 18.2 Å². The van der Waals surface area contributed by atoms with Gasteiger partial charge in [0.1, 0.15) is 24.7 Å². The number of rotatable bonds is 4. The van der Waals surface area contributed by atoms with Crippen LogP contribution in [-0.2, 0) is 11.4 Å². The summed E-state index contributed by atoms with van der Waals surface area (Å²) in [4.78, 5) is 10.3. The van der Waals surface area contributed by atoms with E-state index in [-0.39, 0.29) is 6.42 Å². The van der Waals surface area contributed by atoms with Crippen LogP contribution in [0.25, 0.3) is 0 Å². The van der Waals surface area contributed by atoms with Crippen LogP contribution < -0.4 is 4.74 Å². The summed E-state index contributed by atoms with van der Waals surface area (Å²) in [6, 6.07) is 17.0. The van der Waals surface area contributed by atoms with Crippen molar-refractivity contribution < 1.29 is 9.53 Å². The molecule has 3 nitrogen and oxygen atoms in total. The highest BCUT2D eigenvalue weighted by molar-refractivity contribution is 5.56. The number of nitriles is 1. The van der Waals surface area contributed by atoms with E-state index in [1.807, 2.05) is 30.3 Å². The van der Waals surface area contributed by atoms with Gasteiger partial charge in [0, 0.05) is 5.56 Å². The van der Waals surface area contributed by atoms with Crippen molar-refractivity contribution in [2.24, 2.45) is 0 Å². The molecule has 2 aromatic carbocycles. The third-order valence-electron chi connectivity index (χ3n) is 2.76. The maximum absolute atomic E-state index is 10.3. The molecule has 0 unspecified atom stereocenters. The van der Waals surface area contributed by atoms with Crippen LogP contribution in [0, 0.1) is 23.2 Å². The van der Waals surface area contributed by atoms with Gasteiger partial charge in [-0.05, 0) is 23.8 Å². The van der Waals surface area contributed by atoms with Crippen LogP contribution in [0.5, 0.6) is 5.75 Å². The fourth-order valence-corrected chi connectivity index (χ4v) is 1.74. The lowest BCUT2D eigenvalue weighted by atomic mass is 10.1. The molecule has 0 aromatic heterocycles. The molecular weight excluding hydrogens is 262 g/mol. The smallest absolute Gasteiger partial charge is 0.138 e.